The number of benzene rings is 8. The van der Waals surface area contributed by atoms with Crippen molar-refractivity contribution < 1.29 is 0 Å². The van der Waals surface area contributed by atoms with E-state index in [2.05, 4.69) is 238 Å². The molecule has 10 aromatic rings. The first-order valence-corrected chi connectivity index (χ1v) is 22.5. The molecule has 0 aliphatic heterocycles. The van der Waals surface area contributed by atoms with Crippen LogP contribution in [0.4, 0.5) is 0 Å². The lowest BCUT2D eigenvalue weighted by Gasteiger charge is -2.20. The number of rotatable bonds is 3. The van der Waals surface area contributed by atoms with Crippen LogP contribution in [0.5, 0.6) is 0 Å². The molecular weight excluding hydrogens is 749 g/mol. The van der Waals surface area contributed by atoms with Gasteiger partial charge in [0.15, 0.2) is 0 Å². The largest absolute Gasteiger partial charge is 0.309 e. The normalized spacial score (nSPS) is 13.2. The smallest absolute Gasteiger partial charge is 0.0541 e. The highest BCUT2D eigenvalue weighted by Gasteiger charge is 2.25. The van der Waals surface area contributed by atoms with Gasteiger partial charge in [0.25, 0.3) is 0 Å². The topological polar surface area (TPSA) is 9.86 Å². The van der Waals surface area contributed by atoms with Gasteiger partial charge in [-0.2, -0.15) is 0 Å². The molecule has 0 saturated carbocycles. The molecule has 0 aliphatic rings. The predicted octanol–water partition coefficient (Wildman–Crippen LogP) is 17.0. The number of fused-ring (bicyclic) bond motifs is 8. The maximum absolute atomic E-state index is 2.51. The van der Waals surface area contributed by atoms with Crippen LogP contribution in [0.3, 0.4) is 0 Å². The molecule has 0 spiro atoms. The highest BCUT2D eigenvalue weighted by molar-refractivity contribution is 6.15. The molecule has 0 fully saturated rings. The summed E-state index contributed by atoms with van der Waals surface area (Å²) in [5.41, 5.74) is 15.4. The first-order chi connectivity index (χ1) is 29.3. The fourth-order valence-corrected chi connectivity index (χ4v) is 9.86. The van der Waals surface area contributed by atoms with Crippen LogP contribution in [-0.2, 0) is 21.7 Å². The third-order valence-electron chi connectivity index (χ3n) is 13.6. The zero-order valence-electron chi connectivity index (χ0n) is 38.8. The van der Waals surface area contributed by atoms with Crippen LogP contribution in [0, 0.1) is 0 Å². The number of nitrogens with zero attached hydrogens (tertiary/aromatic N) is 2. The van der Waals surface area contributed by atoms with E-state index in [1.54, 1.807) is 0 Å². The predicted molar refractivity (Wildman–Crippen MR) is 270 cm³/mol. The highest BCUT2D eigenvalue weighted by atomic mass is 15.0. The van der Waals surface area contributed by atoms with E-state index in [-0.39, 0.29) is 21.7 Å². The molecule has 0 unspecified atom stereocenters. The van der Waals surface area contributed by atoms with E-state index in [0.717, 1.165) is 0 Å². The van der Waals surface area contributed by atoms with Gasteiger partial charge in [0.05, 0.1) is 33.4 Å². The molecule has 0 bridgehead atoms. The molecule has 2 heteroatoms. The van der Waals surface area contributed by atoms with Gasteiger partial charge in [-0.25, -0.2) is 0 Å². The van der Waals surface area contributed by atoms with E-state index in [0.29, 0.717) is 0 Å². The second-order valence-electron chi connectivity index (χ2n) is 22.0. The van der Waals surface area contributed by atoms with Gasteiger partial charge in [-0.15, -0.1) is 0 Å². The summed E-state index contributed by atoms with van der Waals surface area (Å²) in [6, 6.07) is 56.0. The zero-order valence-corrected chi connectivity index (χ0v) is 38.8. The minimum Gasteiger partial charge on any atom is -0.309 e. The Morgan fingerprint density at radius 1 is 0.258 bits per heavy atom. The van der Waals surface area contributed by atoms with E-state index in [1.807, 2.05) is 0 Å². The van der Waals surface area contributed by atoms with Crippen molar-refractivity contribution in [2.24, 2.45) is 0 Å². The Morgan fingerprint density at radius 2 is 0.516 bits per heavy atom. The van der Waals surface area contributed by atoms with E-state index in [9.17, 15) is 0 Å². The van der Waals surface area contributed by atoms with E-state index >= 15 is 0 Å². The Bertz CT molecular complexity index is 3050. The molecule has 2 heterocycles. The van der Waals surface area contributed by atoms with Crippen molar-refractivity contribution in [3.63, 3.8) is 0 Å². The molecule has 2 aromatic heterocycles. The van der Waals surface area contributed by atoms with Gasteiger partial charge in [0, 0.05) is 32.3 Å². The number of hydrogen-bond acceptors (Lipinski definition) is 0. The Morgan fingerprint density at radius 3 is 0.774 bits per heavy atom. The second kappa shape index (κ2) is 13.7. The SMILES string of the molecule is CC(C)(C)c1ccc2c(c1)c1cc(C(C)(C)C)ccc1n2-c1ccc(-c2ccc(-n3c4ccc(C(C)(C)C)cc4c4cc(C(C)(C)C)ccc43)c3ccccc23)c2ccccc12. The van der Waals surface area contributed by atoms with Crippen LogP contribution in [0.15, 0.2) is 146 Å². The van der Waals surface area contributed by atoms with Gasteiger partial charge in [-0.3, -0.25) is 0 Å². The van der Waals surface area contributed by atoms with Crippen LogP contribution in [0.1, 0.15) is 105 Å². The summed E-state index contributed by atoms with van der Waals surface area (Å²) < 4.78 is 5.02. The number of aromatic nitrogens is 2. The van der Waals surface area contributed by atoms with Gasteiger partial charge in [-0.05, 0) is 126 Å². The van der Waals surface area contributed by atoms with Gasteiger partial charge in [0.2, 0.25) is 0 Å². The zero-order chi connectivity index (χ0) is 43.7. The molecule has 0 N–H and O–H groups in total. The molecule has 2 nitrogen and oxygen atoms in total. The standard InChI is InChI=1S/C60H60N2/c1-57(2,3)37-21-27-53-47(33-37)48-34-38(58(4,5)6)22-28-54(48)61(53)51-31-25-43(41-17-13-15-19-45(41)51)44-26-32-52(46-20-16-14-18-42(44)46)62-55-29-23-39(59(7,8)9)35-49(55)50-36-40(60(10,11)12)24-30-56(50)62/h13-36H,1-12H3. The molecule has 0 radical (unpaired) electrons. The summed E-state index contributed by atoms with van der Waals surface area (Å²) in [5, 5.41) is 10.2. The Kier molecular flexibility index (Phi) is 8.83. The summed E-state index contributed by atoms with van der Waals surface area (Å²) in [6.07, 6.45) is 0. The monoisotopic (exact) mass is 808 g/mol. The summed E-state index contributed by atoms with van der Waals surface area (Å²) >= 11 is 0. The van der Waals surface area contributed by atoms with Crippen molar-refractivity contribution in [3.05, 3.63) is 168 Å². The Balaban J connectivity index is 1.20. The summed E-state index contributed by atoms with van der Waals surface area (Å²) in [6.45, 7) is 27.7. The maximum Gasteiger partial charge on any atom is 0.0541 e. The van der Waals surface area contributed by atoms with Crippen molar-refractivity contribution in [2.45, 2.75) is 105 Å². The van der Waals surface area contributed by atoms with Crippen molar-refractivity contribution in [3.8, 4) is 22.5 Å². The van der Waals surface area contributed by atoms with Crippen molar-refractivity contribution in [1.29, 1.82) is 0 Å². The van der Waals surface area contributed by atoms with Gasteiger partial charge >= 0.3 is 0 Å². The molecule has 0 saturated heterocycles. The molecule has 0 aliphatic carbocycles. The van der Waals surface area contributed by atoms with Crippen LogP contribution in [-0.4, -0.2) is 9.13 Å². The van der Waals surface area contributed by atoms with E-state index in [4.69, 9.17) is 0 Å². The van der Waals surface area contributed by atoms with Gasteiger partial charge in [0.1, 0.15) is 0 Å². The maximum atomic E-state index is 2.51. The average Bonchev–Trinajstić information content (AvgIpc) is 3.73. The molecule has 62 heavy (non-hydrogen) atoms. The van der Waals surface area contributed by atoms with E-state index in [1.165, 1.54) is 110 Å². The lowest BCUT2D eigenvalue weighted by Crippen LogP contribution is -2.10. The van der Waals surface area contributed by atoms with Crippen molar-refractivity contribution in [1.82, 2.24) is 9.13 Å². The second-order valence-corrected chi connectivity index (χ2v) is 22.0. The van der Waals surface area contributed by atoms with Crippen LogP contribution in [0.25, 0.3) is 87.7 Å². The first-order valence-electron chi connectivity index (χ1n) is 22.5. The Labute approximate surface area is 367 Å². The minimum absolute atomic E-state index is 0.0457. The summed E-state index contributed by atoms with van der Waals surface area (Å²) in [5.74, 6) is 0. The molecule has 0 atom stereocenters. The van der Waals surface area contributed by atoms with Crippen molar-refractivity contribution in [2.75, 3.05) is 0 Å². The number of hydrogen-bond donors (Lipinski definition) is 0. The fraction of sp³-hybridized carbons (Fsp3) is 0.267. The first kappa shape index (κ1) is 40.0. The summed E-state index contributed by atoms with van der Waals surface area (Å²) in [7, 11) is 0. The highest BCUT2D eigenvalue weighted by Crippen LogP contribution is 2.44. The molecule has 0 amide bonds. The van der Waals surface area contributed by atoms with E-state index < -0.39 is 0 Å². The molecule has 10 rings (SSSR count). The Hall–Kier alpha value is -6.12. The molecular formula is C60H60N2. The fourth-order valence-electron chi connectivity index (χ4n) is 9.86. The lowest BCUT2D eigenvalue weighted by atomic mass is 9.85. The van der Waals surface area contributed by atoms with Gasteiger partial charge in [-0.1, -0.05) is 168 Å². The summed E-state index contributed by atoms with van der Waals surface area (Å²) in [4.78, 5) is 0. The minimum atomic E-state index is 0.0457. The van der Waals surface area contributed by atoms with Gasteiger partial charge < -0.3 is 9.13 Å². The lowest BCUT2D eigenvalue weighted by molar-refractivity contribution is 0.590. The third kappa shape index (κ3) is 6.36. The third-order valence-corrected chi connectivity index (χ3v) is 13.6. The quantitative estimate of drug-likeness (QED) is 0.168. The molecule has 8 aromatic carbocycles. The molecule has 310 valence electrons. The van der Waals surface area contributed by atoms with Crippen LogP contribution in [0.2, 0.25) is 0 Å². The van der Waals surface area contributed by atoms with Crippen molar-refractivity contribution >= 4 is 65.2 Å². The van der Waals surface area contributed by atoms with Crippen LogP contribution >= 0.6 is 0 Å². The van der Waals surface area contributed by atoms with Crippen LogP contribution < -0.4 is 0 Å². The average molecular weight is 809 g/mol.